The van der Waals surface area contributed by atoms with E-state index in [-0.39, 0.29) is 32.6 Å². The third kappa shape index (κ3) is 23.7. The molecule has 1 aromatic heterocycles. The monoisotopic (exact) mass is 798 g/mol. The molecule has 3 N–H and O–H groups in total. The number of hydrogen-bond donors (Lipinski definition) is 2. The largest absolute Gasteiger partial charge is 0.472 e. The number of carbonyl (C=O) groups is 2. The summed E-state index contributed by atoms with van der Waals surface area (Å²) in [5, 5.41) is 0. The second-order valence-corrected chi connectivity index (χ2v) is 16.6. The maximum atomic E-state index is 12.6. The van der Waals surface area contributed by atoms with Crippen LogP contribution in [0.25, 0.3) is 0 Å². The fourth-order valence-electron chi connectivity index (χ4n) is 6.69. The van der Waals surface area contributed by atoms with E-state index in [9.17, 15) is 19.0 Å². The maximum Gasteiger partial charge on any atom is 0.472 e. The fourth-order valence-corrected chi connectivity index (χ4v) is 7.45. The maximum absolute atomic E-state index is 12.6. The van der Waals surface area contributed by atoms with Crippen LogP contribution in [0.1, 0.15) is 178 Å². The van der Waals surface area contributed by atoms with Gasteiger partial charge in [-0.3, -0.25) is 18.6 Å². The molecule has 0 bridgehead atoms. The highest BCUT2D eigenvalue weighted by molar-refractivity contribution is 7.47. The molecule has 1 fully saturated rings. The Morgan fingerprint density at radius 3 is 2.02 bits per heavy atom. The lowest BCUT2D eigenvalue weighted by Crippen LogP contribution is -2.29. The second kappa shape index (κ2) is 30.1. The van der Waals surface area contributed by atoms with E-state index in [2.05, 4.69) is 39.8 Å². The van der Waals surface area contributed by atoms with Gasteiger partial charge in [-0.25, -0.2) is 4.57 Å². The van der Waals surface area contributed by atoms with Gasteiger partial charge in [0.05, 0.1) is 25.4 Å². The third-order valence-corrected chi connectivity index (χ3v) is 11.2. The summed E-state index contributed by atoms with van der Waals surface area (Å²) < 4.78 is 44.7. The molecule has 1 aliphatic heterocycles. The zero-order valence-corrected chi connectivity index (χ0v) is 35.7. The summed E-state index contributed by atoms with van der Waals surface area (Å²) >= 11 is 0. The zero-order valence-electron chi connectivity index (χ0n) is 34.8. The molecule has 1 saturated heterocycles. The Kier molecular flexibility index (Phi) is 26.9. The van der Waals surface area contributed by atoms with Gasteiger partial charge in [0, 0.05) is 32.2 Å². The van der Waals surface area contributed by atoms with E-state index in [4.69, 9.17) is 33.4 Å². The molecule has 318 valence electrons. The van der Waals surface area contributed by atoms with Crippen LogP contribution >= 0.6 is 7.82 Å². The van der Waals surface area contributed by atoms with E-state index in [1.807, 2.05) is 0 Å². The number of carbonyl (C=O) groups excluding carboxylic acids is 2. The highest BCUT2D eigenvalue weighted by atomic mass is 31.2. The number of phosphoric ester groups is 1. The molecule has 0 amide bonds. The lowest BCUT2D eigenvalue weighted by molar-refractivity contribution is -0.161. The normalized spacial score (nSPS) is 17.1. The Hall–Kier alpha value is -2.01. The first-order valence-electron chi connectivity index (χ1n) is 21.6. The first-order chi connectivity index (χ1) is 26.6. The predicted molar refractivity (Wildman–Crippen MR) is 218 cm³/mol. The van der Waals surface area contributed by atoms with Crippen molar-refractivity contribution >= 4 is 19.8 Å². The Morgan fingerprint density at radius 2 is 1.36 bits per heavy atom. The van der Waals surface area contributed by atoms with Gasteiger partial charge >= 0.3 is 19.8 Å². The summed E-state index contributed by atoms with van der Waals surface area (Å²) in [6.45, 7) is 7.90. The van der Waals surface area contributed by atoms with Gasteiger partial charge in [0.15, 0.2) is 6.10 Å². The van der Waals surface area contributed by atoms with Crippen LogP contribution in [-0.2, 0) is 50.3 Å². The van der Waals surface area contributed by atoms with Crippen LogP contribution in [0.2, 0.25) is 0 Å². The van der Waals surface area contributed by atoms with E-state index >= 15 is 0 Å². The topological polar surface area (TPSA) is 160 Å². The number of hydrogen-bond acceptors (Lipinski definition) is 10. The van der Waals surface area contributed by atoms with Gasteiger partial charge in [0.2, 0.25) is 0 Å². The number of nitrogens with two attached hydrogens (primary N) is 1. The van der Waals surface area contributed by atoms with Crippen LogP contribution in [0.4, 0.5) is 0 Å². The van der Waals surface area contributed by atoms with Gasteiger partial charge < -0.3 is 29.3 Å². The van der Waals surface area contributed by atoms with Crippen molar-refractivity contribution < 1.29 is 46.7 Å². The number of furan rings is 1. The standard InChI is InChI=1S/C43H76NO10P/c1-5-7-20-27-40-41(54-40)28-22-17-13-9-10-14-18-23-29-42(45)49-33-37(34-51-55(47,48)50-32-31-44)52-43(46)30-24-19-15-11-8-12-16-21-26-39-36(4)35(3)38(53-39)25-6-2/h17,22,37,40-41H,5-16,18-21,23-34,44H2,1-4H3,(H,47,48)/b22-17-/t37-,40?,41?/m1/s1. The number of ether oxygens (including phenoxy) is 3. The molecule has 12 heteroatoms. The zero-order chi connectivity index (χ0) is 40.2. The average Bonchev–Trinajstić information content (AvgIpc) is 3.86. The minimum atomic E-state index is -4.39. The molecule has 0 radical (unpaired) electrons. The van der Waals surface area contributed by atoms with Gasteiger partial charge in [0.25, 0.3) is 0 Å². The van der Waals surface area contributed by atoms with Crippen molar-refractivity contribution in [1.29, 1.82) is 0 Å². The molecule has 55 heavy (non-hydrogen) atoms. The Morgan fingerprint density at radius 1 is 0.745 bits per heavy atom. The van der Waals surface area contributed by atoms with Gasteiger partial charge in [-0.15, -0.1) is 0 Å². The van der Waals surface area contributed by atoms with Crippen LogP contribution in [0.5, 0.6) is 0 Å². The number of aryl methyl sites for hydroxylation is 2. The van der Waals surface area contributed by atoms with Crippen LogP contribution in [-0.4, -0.2) is 61.5 Å². The molecule has 4 atom stereocenters. The van der Waals surface area contributed by atoms with Crippen molar-refractivity contribution in [2.24, 2.45) is 5.73 Å². The van der Waals surface area contributed by atoms with Crippen LogP contribution in [0, 0.1) is 13.8 Å². The van der Waals surface area contributed by atoms with Crippen molar-refractivity contribution in [3.05, 3.63) is 34.8 Å². The molecule has 2 rings (SSSR count). The molecule has 1 aromatic rings. The van der Waals surface area contributed by atoms with E-state index in [0.717, 1.165) is 101 Å². The number of epoxide rings is 1. The van der Waals surface area contributed by atoms with Crippen LogP contribution in [0.3, 0.4) is 0 Å². The summed E-state index contributed by atoms with van der Waals surface area (Å²) in [7, 11) is -4.39. The summed E-state index contributed by atoms with van der Waals surface area (Å²) in [6, 6.07) is 0. The molecule has 0 aliphatic carbocycles. The van der Waals surface area contributed by atoms with Crippen molar-refractivity contribution in [2.45, 2.75) is 200 Å². The van der Waals surface area contributed by atoms with Gasteiger partial charge in [-0.2, -0.15) is 0 Å². The van der Waals surface area contributed by atoms with Crippen molar-refractivity contribution in [3.8, 4) is 0 Å². The van der Waals surface area contributed by atoms with E-state index in [1.165, 1.54) is 49.7 Å². The minimum absolute atomic E-state index is 0.0436. The average molecular weight is 798 g/mol. The second-order valence-electron chi connectivity index (χ2n) is 15.2. The highest BCUT2D eigenvalue weighted by Crippen LogP contribution is 2.43. The van der Waals surface area contributed by atoms with Crippen LogP contribution < -0.4 is 5.73 Å². The lowest BCUT2D eigenvalue weighted by atomic mass is 10.0. The van der Waals surface area contributed by atoms with E-state index < -0.39 is 32.5 Å². The van der Waals surface area contributed by atoms with Crippen LogP contribution in [0.15, 0.2) is 16.6 Å². The first-order valence-corrected chi connectivity index (χ1v) is 23.1. The van der Waals surface area contributed by atoms with Gasteiger partial charge in [0.1, 0.15) is 18.1 Å². The minimum Gasteiger partial charge on any atom is -0.466 e. The molecular formula is C43H76NO10P. The number of rotatable bonds is 36. The number of allylic oxidation sites excluding steroid dienone is 1. The van der Waals surface area contributed by atoms with Gasteiger partial charge in [-0.1, -0.05) is 103 Å². The quantitative estimate of drug-likeness (QED) is 0.0219. The SMILES string of the molecule is CCCCCC1OC1C/C=C\CCCCCCCC(=O)OC[C@H](COP(=O)(O)OCCN)OC(=O)CCCCCCCCCCc1oc(CCC)c(C)c1C. The molecule has 0 aromatic carbocycles. The number of unbranched alkanes of at least 4 members (excludes halogenated alkanes) is 14. The predicted octanol–water partition coefficient (Wildman–Crippen LogP) is 10.5. The fraction of sp³-hybridized carbons (Fsp3) is 0.814. The smallest absolute Gasteiger partial charge is 0.466 e. The molecule has 1 aliphatic rings. The Labute approximate surface area is 332 Å². The summed E-state index contributed by atoms with van der Waals surface area (Å²) in [5.74, 6) is 1.42. The van der Waals surface area contributed by atoms with Crippen molar-refractivity contribution in [3.63, 3.8) is 0 Å². The summed E-state index contributed by atoms with van der Waals surface area (Å²) in [5.41, 5.74) is 7.97. The molecule has 0 saturated carbocycles. The van der Waals surface area contributed by atoms with Gasteiger partial charge in [-0.05, 0) is 76.3 Å². The third-order valence-electron chi connectivity index (χ3n) is 10.2. The molecule has 0 spiro atoms. The molecule has 11 nitrogen and oxygen atoms in total. The molecular weight excluding hydrogens is 721 g/mol. The number of phosphoric acid groups is 1. The molecule has 2 heterocycles. The van der Waals surface area contributed by atoms with E-state index in [1.54, 1.807) is 0 Å². The Balaban J connectivity index is 1.56. The highest BCUT2D eigenvalue weighted by Gasteiger charge is 2.36. The lowest BCUT2D eigenvalue weighted by Gasteiger charge is -2.19. The van der Waals surface area contributed by atoms with E-state index in [0.29, 0.717) is 25.0 Å². The Bertz CT molecular complexity index is 1250. The summed E-state index contributed by atoms with van der Waals surface area (Å²) in [4.78, 5) is 35.0. The van der Waals surface area contributed by atoms with Crippen molar-refractivity contribution in [2.75, 3.05) is 26.4 Å². The van der Waals surface area contributed by atoms with Crippen molar-refractivity contribution in [1.82, 2.24) is 0 Å². The number of esters is 2. The molecule has 3 unspecified atom stereocenters. The summed E-state index contributed by atoms with van der Waals surface area (Å²) in [6.07, 6.45) is 28.3. The first kappa shape index (κ1) is 49.1.